The predicted molar refractivity (Wildman–Crippen MR) is 173 cm³/mol. The smallest absolute Gasteiger partial charge is 0.284 e. The fraction of sp³-hybridized carbons (Fsp3) is 0.235. The number of para-hydroxylation sites is 1. The average Bonchev–Trinajstić information content (AvgIpc) is 3.29. The standard InChI is InChI=1S/C34H35N7O3/c1-22-30(34(43)41(39(22)2)26-9-5-4-6-10-26)33(42)37-25-14-12-23(13-15-25)31-32(35)36-21-29(38-31)24-8-7-11-27(20-24)40-18-16-28(44-3)17-19-40/h4-15,20-21,28H,16-19H2,1-3H3,(H2,35,36)(H,37,42). The number of rotatable bonds is 7. The summed E-state index contributed by atoms with van der Waals surface area (Å²) in [5, 5.41) is 2.86. The van der Waals surface area contributed by atoms with Crippen LogP contribution in [0.1, 0.15) is 28.9 Å². The Kier molecular flexibility index (Phi) is 7.99. The van der Waals surface area contributed by atoms with Crippen LogP contribution >= 0.6 is 0 Å². The van der Waals surface area contributed by atoms with Crippen molar-refractivity contribution in [2.75, 3.05) is 36.1 Å². The molecule has 0 radical (unpaired) electrons. The molecule has 0 unspecified atom stereocenters. The largest absolute Gasteiger partial charge is 0.382 e. The van der Waals surface area contributed by atoms with E-state index in [2.05, 4.69) is 27.3 Å². The third-order valence-electron chi connectivity index (χ3n) is 8.28. The zero-order valence-corrected chi connectivity index (χ0v) is 25.0. The third-order valence-corrected chi connectivity index (χ3v) is 8.28. The lowest BCUT2D eigenvalue weighted by atomic mass is 10.1. The van der Waals surface area contributed by atoms with Gasteiger partial charge in [0.05, 0.1) is 29.4 Å². The SMILES string of the molecule is COC1CCN(c2cccc(-c3cnc(N)c(-c4ccc(NC(=O)c5c(C)n(C)n(-c6ccccc6)c5=O)cc4)n3)c2)CC1. The van der Waals surface area contributed by atoms with E-state index in [1.165, 1.54) is 4.68 Å². The summed E-state index contributed by atoms with van der Waals surface area (Å²) < 4.78 is 8.69. The van der Waals surface area contributed by atoms with E-state index in [0.29, 0.717) is 34.7 Å². The van der Waals surface area contributed by atoms with E-state index < -0.39 is 5.91 Å². The molecule has 0 bridgehead atoms. The zero-order chi connectivity index (χ0) is 30.8. The third kappa shape index (κ3) is 5.59. The second-order valence-corrected chi connectivity index (χ2v) is 10.9. The Labute approximate surface area is 255 Å². The Hall–Kier alpha value is -5.22. The van der Waals surface area contributed by atoms with E-state index >= 15 is 0 Å². The molecule has 1 fully saturated rings. The molecular formula is C34H35N7O3. The number of carbonyl (C=O) groups excluding carboxylic acids is 1. The number of hydrogen-bond acceptors (Lipinski definition) is 7. The number of methoxy groups -OCH3 is 1. The number of carbonyl (C=O) groups is 1. The Bertz CT molecular complexity index is 1850. The van der Waals surface area contributed by atoms with Crippen LogP contribution in [0.5, 0.6) is 0 Å². The van der Waals surface area contributed by atoms with Crippen LogP contribution in [0.2, 0.25) is 0 Å². The van der Waals surface area contributed by atoms with Crippen LogP contribution in [0, 0.1) is 6.92 Å². The van der Waals surface area contributed by atoms with Crippen LogP contribution in [0.3, 0.4) is 0 Å². The highest BCUT2D eigenvalue weighted by Gasteiger charge is 2.23. The van der Waals surface area contributed by atoms with Crippen molar-refractivity contribution < 1.29 is 9.53 Å². The number of nitrogen functional groups attached to an aromatic ring is 1. The lowest BCUT2D eigenvalue weighted by Gasteiger charge is -2.33. The summed E-state index contributed by atoms with van der Waals surface area (Å²) in [6.45, 7) is 3.64. The van der Waals surface area contributed by atoms with Gasteiger partial charge in [0.25, 0.3) is 11.5 Å². The molecule has 3 heterocycles. The first-order chi connectivity index (χ1) is 21.3. The number of hydrogen-bond donors (Lipinski definition) is 2. The lowest BCUT2D eigenvalue weighted by molar-refractivity contribution is 0.0819. The van der Waals surface area contributed by atoms with Gasteiger partial charge in [0.1, 0.15) is 17.1 Å². The van der Waals surface area contributed by atoms with Gasteiger partial charge in [-0.2, -0.15) is 0 Å². The molecule has 44 heavy (non-hydrogen) atoms. The number of aromatic nitrogens is 4. The van der Waals surface area contributed by atoms with E-state index in [9.17, 15) is 9.59 Å². The van der Waals surface area contributed by atoms with Crippen LogP contribution in [-0.4, -0.2) is 51.5 Å². The molecule has 1 aliphatic rings. The van der Waals surface area contributed by atoms with Crippen molar-refractivity contribution in [2.24, 2.45) is 7.05 Å². The molecule has 0 aliphatic carbocycles. The minimum Gasteiger partial charge on any atom is -0.382 e. The molecule has 10 heteroatoms. The highest BCUT2D eigenvalue weighted by molar-refractivity contribution is 6.05. The Morgan fingerprint density at radius 3 is 2.36 bits per heavy atom. The number of anilines is 3. The predicted octanol–water partition coefficient (Wildman–Crippen LogP) is 5.06. The van der Waals surface area contributed by atoms with Crippen molar-refractivity contribution in [3.05, 3.63) is 107 Å². The van der Waals surface area contributed by atoms with Gasteiger partial charge in [0.2, 0.25) is 0 Å². The molecule has 1 aliphatic heterocycles. The first-order valence-corrected chi connectivity index (χ1v) is 14.6. The average molecular weight is 590 g/mol. The van der Waals surface area contributed by atoms with Crippen molar-refractivity contribution in [3.63, 3.8) is 0 Å². The maximum Gasteiger partial charge on any atom is 0.284 e. The number of piperidine rings is 1. The Morgan fingerprint density at radius 2 is 1.66 bits per heavy atom. The fourth-order valence-electron chi connectivity index (χ4n) is 5.70. The van der Waals surface area contributed by atoms with E-state index in [1.54, 1.807) is 44.1 Å². The fourth-order valence-corrected chi connectivity index (χ4v) is 5.70. The first kappa shape index (κ1) is 28.9. The van der Waals surface area contributed by atoms with Gasteiger partial charge in [-0.05, 0) is 56.2 Å². The minimum atomic E-state index is -0.474. The van der Waals surface area contributed by atoms with Gasteiger partial charge in [0.15, 0.2) is 0 Å². The maximum atomic E-state index is 13.2. The summed E-state index contributed by atoms with van der Waals surface area (Å²) in [5.41, 5.74) is 11.9. The van der Waals surface area contributed by atoms with Crippen molar-refractivity contribution in [3.8, 4) is 28.2 Å². The molecule has 5 aromatic rings. The summed E-state index contributed by atoms with van der Waals surface area (Å²) in [6, 6.07) is 24.7. The van der Waals surface area contributed by atoms with E-state index in [1.807, 2.05) is 54.6 Å². The van der Waals surface area contributed by atoms with Crippen LogP contribution in [0.4, 0.5) is 17.2 Å². The molecule has 1 amide bonds. The van der Waals surface area contributed by atoms with E-state index in [4.69, 9.17) is 15.5 Å². The minimum absolute atomic E-state index is 0.0912. The second-order valence-electron chi connectivity index (χ2n) is 10.9. The first-order valence-electron chi connectivity index (χ1n) is 14.6. The molecule has 3 N–H and O–H groups in total. The summed E-state index contributed by atoms with van der Waals surface area (Å²) in [6.07, 6.45) is 4.01. The van der Waals surface area contributed by atoms with E-state index in [-0.39, 0.29) is 11.1 Å². The normalized spacial score (nSPS) is 13.7. The van der Waals surface area contributed by atoms with E-state index in [0.717, 1.165) is 48.4 Å². The van der Waals surface area contributed by atoms with Crippen molar-refractivity contribution in [2.45, 2.75) is 25.9 Å². The van der Waals surface area contributed by atoms with Crippen LogP contribution in [-0.2, 0) is 11.8 Å². The number of benzene rings is 3. The summed E-state index contributed by atoms with van der Waals surface area (Å²) in [4.78, 5) is 38.2. The van der Waals surface area contributed by atoms with Crippen LogP contribution in [0.25, 0.3) is 28.2 Å². The highest BCUT2D eigenvalue weighted by atomic mass is 16.5. The van der Waals surface area contributed by atoms with Gasteiger partial charge < -0.3 is 20.7 Å². The molecule has 0 spiro atoms. The van der Waals surface area contributed by atoms with Crippen molar-refractivity contribution in [1.29, 1.82) is 0 Å². The van der Waals surface area contributed by atoms with Crippen LogP contribution < -0.4 is 21.5 Å². The number of nitrogens with two attached hydrogens (primary N) is 1. The number of nitrogens with zero attached hydrogens (tertiary/aromatic N) is 5. The molecule has 2 aromatic heterocycles. The van der Waals surface area contributed by atoms with Gasteiger partial charge in [-0.1, -0.05) is 42.5 Å². The zero-order valence-electron chi connectivity index (χ0n) is 25.0. The summed E-state index contributed by atoms with van der Waals surface area (Å²) in [7, 11) is 3.54. The molecule has 10 nitrogen and oxygen atoms in total. The number of amides is 1. The van der Waals surface area contributed by atoms with Gasteiger partial charge in [-0.15, -0.1) is 0 Å². The van der Waals surface area contributed by atoms with Gasteiger partial charge in [-0.25, -0.2) is 14.6 Å². The topological polar surface area (TPSA) is 120 Å². The quantitative estimate of drug-likeness (QED) is 0.272. The Morgan fingerprint density at radius 1 is 0.955 bits per heavy atom. The van der Waals surface area contributed by atoms with Gasteiger partial charge in [0, 0.05) is 49.7 Å². The lowest BCUT2D eigenvalue weighted by Crippen LogP contribution is -2.36. The second kappa shape index (κ2) is 12.2. The summed E-state index contributed by atoms with van der Waals surface area (Å²) >= 11 is 0. The molecule has 0 saturated carbocycles. The molecule has 6 rings (SSSR count). The number of ether oxygens (including phenoxy) is 1. The summed E-state index contributed by atoms with van der Waals surface area (Å²) in [5.74, 6) is -0.164. The molecular weight excluding hydrogens is 554 g/mol. The number of nitrogens with one attached hydrogen (secondary N) is 1. The van der Waals surface area contributed by atoms with Crippen molar-refractivity contribution >= 4 is 23.1 Å². The van der Waals surface area contributed by atoms with Gasteiger partial charge in [-0.3, -0.25) is 14.3 Å². The molecule has 224 valence electrons. The monoisotopic (exact) mass is 589 g/mol. The Balaban J connectivity index is 1.21. The van der Waals surface area contributed by atoms with Gasteiger partial charge >= 0.3 is 0 Å². The van der Waals surface area contributed by atoms with Crippen LogP contribution in [0.15, 0.2) is 89.9 Å². The molecule has 0 atom stereocenters. The molecule has 1 saturated heterocycles. The maximum absolute atomic E-state index is 13.2. The highest BCUT2D eigenvalue weighted by Crippen LogP contribution is 2.30. The van der Waals surface area contributed by atoms with Crippen molar-refractivity contribution in [1.82, 2.24) is 19.3 Å². The molecule has 3 aromatic carbocycles.